The van der Waals surface area contributed by atoms with Crippen molar-refractivity contribution < 1.29 is 14.4 Å². The molecule has 2 unspecified atom stereocenters. The average Bonchev–Trinajstić information content (AvgIpc) is 3.48. The van der Waals surface area contributed by atoms with Crippen LogP contribution >= 0.6 is 0 Å². The first-order valence-corrected chi connectivity index (χ1v) is 10.0. The van der Waals surface area contributed by atoms with E-state index >= 15 is 0 Å². The number of imide groups is 1. The van der Waals surface area contributed by atoms with Crippen LogP contribution in [0, 0.1) is 0 Å². The maximum absolute atomic E-state index is 13.2. The average molecular weight is 410 g/mol. The van der Waals surface area contributed by atoms with Gasteiger partial charge in [-0.2, -0.15) is 5.21 Å². The van der Waals surface area contributed by atoms with Crippen molar-refractivity contribution in [3.05, 3.63) is 40.7 Å². The number of carbonyl (C=O) groups is 3. The fraction of sp³-hybridized carbons (Fsp3) is 0.474. The quantitative estimate of drug-likeness (QED) is 0.457. The number of hydrogen-bond acceptors (Lipinski definition) is 8. The van der Waals surface area contributed by atoms with Crippen molar-refractivity contribution >= 4 is 17.7 Å². The summed E-state index contributed by atoms with van der Waals surface area (Å²) in [5, 5.41) is 23.7. The molecular formula is C19H22N8O3. The van der Waals surface area contributed by atoms with Crippen LogP contribution in [-0.4, -0.2) is 62.4 Å². The zero-order valence-electron chi connectivity index (χ0n) is 16.3. The largest absolute Gasteiger partial charge is 0.322 e. The van der Waals surface area contributed by atoms with Gasteiger partial charge in [0.25, 0.3) is 5.91 Å². The number of fused-ring (bicyclic) bond motifs is 1. The van der Waals surface area contributed by atoms with E-state index in [2.05, 4.69) is 36.6 Å². The van der Waals surface area contributed by atoms with E-state index in [0.717, 1.165) is 24.1 Å². The maximum Gasteiger partial charge on any atom is 0.255 e. The molecule has 3 aliphatic heterocycles. The number of piperidine rings is 1. The second-order valence-electron chi connectivity index (χ2n) is 7.95. The van der Waals surface area contributed by atoms with Gasteiger partial charge in [-0.25, -0.2) is 0 Å². The third kappa shape index (κ3) is 3.06. The molecule has 1 aromatic carbocycles. The number of nitrogens with one attached hydrogen (secondary N) is 4. The van der Waals surface area contributed by atoms with Crippen molar-refractivity contribution in [1.29, 1.82) is 0 Å². The van der Waals surface area contributed by atoms with Gasteiger partial charge in [-0.15, -0.1) is 10.2 Å². The van der Waals surface area contributed by atoms with Gasteiger partial charge in [0, 0.05) is 31.6 Å². The summed E-state index contributed by atoms with van der Waals surface area (Å²) in [6, 6.07) is 5.14. The van der Waals surface area contributed by atoms with Crippen LogP contribution in [0.2, 0.25) is 0 Å². The third-order valence-electron chi connectivity index (χ3n) is 6.18. The molecule has 2 fully saturated rings. The third-order valence-corrected chi connectivity index (χ3v) is 6.18. The van der Waals surface area contributed by atoms with E-state index < -0.39 is 17.5 Å². The zero-order valence-corrected chi connectivity index (χ0v) is 16.3. The first kappa shape index (κ1) is 18.8. The number of carbonyl (C=O) groups excluding carboxylic acids is 3. The molecule has 156 valence electrons. The second-order valence-corrected chi connectivity index (χ2v) is 7.95. The molecule has 4 heterocycles. The van der Waals surface area contributed by atoms with Crippen LogP contribution in [0.25, 0.3) is 0 Å². The van der Waals surface area contributed by atoms with Crippen molar-refractivity contribution in [3.8, 4) is 0 Å². The molecule has 30 heavy (non-hydrogen) atoms. The van der Waals surface area contributed by atoms with Crippen LogP contribution in [-0.2, 0) is 28.2 Å². The Hall–Kier alpha value is -3.18. The molecule has 0 saturated carbocycles. The number of rotatable bonds is 5. The van der Waals surface area contributed by atoms with E-state index in [1.165, 1.54) is 0 Å². The Bertz CT molecular complexity index is 999. The molecule has 3 aliphatic rings. The van der Waals surface area contributed by atoms with Crippen LogP contribution in [0.5, 0.6) is 0 Å². The summed E-state index contributed by atoms with van der Waals surface area (Å²) in [7, 11) is 0. The summed E-state index contributed by atoms with van der Waals surface area (Å²) < 4.78 is 0. The number of tetrazole rings is 1. The number of amides is 3. The number of aromatic amines is 1. The van der Waals surface area contributed by atoms with Gasteiger partial charge in [0.05, 0.1) is 5.54 Å². The molecule has 2 aromatic rings. The molecule has 1 aromatic heterocycles. The SMILES string of the molecule is O=C1CCC(N2Cc3cccc(CNC4(c5nn[nH]n5)CCNC4)c3C2=O)C(=O)N1. The Morgan fingerprint density at radius 2 is 2.17 bits per heavy atom. The number of nitrogens with zero attached hydrogens (tertiary/aromatic N) is 4. The van der Waals surface area contributed by atoms with E-state index in [9.17, 15) is 14.4 Å². The highest BCUT2D eigenvalue weighted by atomic mass is 16.2. The van der Waals surface area contributed by atoms with E-state index in [1.54, 1.807) is 4.90 Å². The molecule has 3 amide bonds. The Morgan fingerprint density at radius 3 is 2.90 bits per heavy atom. The van der Waals surface area contributed by atoms with E-state index in [4.69, 9.17) is 0 Å². The minimum absolute atomic E-state index is 0.171. The van der Waals surface area contributed by atoms with Gasteiger partial charge >= 0.3 is 0 Å². The van der Waals surface area contributed by atoms with Crippen LogP contribution in [0.15, 0.2) is 18.2 Å². The smallest absolute Gasteiger partial charge is 0.255 e. The molecule has 0 bridgehead atoms. The van der Waals surface area contributed by atoms with Crippen molar-refractivity contribution in [2.75, 3.05) is 13.1 Å². The molecule has 2 saturated heterocycles. The molecule has 4 N–H and O–H groups in total. The molecule has 11 nitrogen and oxygen atoms in total. The van der Waals surface area contributed by atoms with Gasteiger partial charge in [-0.3, -0.25) is 25.0 Å². The Labute approximate surface area is 172 Å². The van der Waals surface area contributed by atoms with Crippen LogP contribution in [0.4, 0.5) is 0 Å². The molecule has 0 radical (unpaired) electrons. The van der Waals surface area contributed by atoms with Crippen LogP contribution in [0.3, 0.4) is 0 Å². The monoisotopic (exact) mass is 410 g/mol. The van der Waals surface area contributed by atoms with Crippen LogP contribution < -0.4 is 16.0 Å². The summed E-state index contributed by atoms with van der Waals surface area (Å²) in [5.74, 6) is -0.269. The molecular weight excluding hydrogens is 388 g/mol. The number of benzene rings is 1. The molecule has 2 atom stereocenters. The van der Waals surface area contributed by atoms with Crippen LogP contribution in [0.1, 0.15) is 46.6 Å². The topological polar surface area (TPSA) is 145 Å². The summed E-state index contributed by atoms with van der Waals surface area (Å²) >= 11 is 0. The minimum Gasteiger partial charge on any atom is -0.322 e. The highest BCUT2D eigenvalue weighted by Crippen LogP contribution is 2.31. The van der Waals surface area contributed by atoms with Crippen molar-refractivity contribution in [1.82, 2.24) is 41.5 Å². The van der Waals surface area contributed by atoms with E-state index in [1.807, 2.05) is 18.2 Å². The fourth-order valence-electron chi connectivity index (χ4n) is 4.58. The lowest BCUT2D eigenvalue weighted by Gasteiger charge is -2.29. The minimum atomic E-state index is -0.617. The summed E-state index contributed by atoms with van der Waals surface area (Å²) in [6.45, 7) is 2.31. The highest BCUT2D eigenvalue weighted by Gasteiger charge is 2.42. The predicted octanol–water partition coefficient (Wildman–Crippen LogP) is -1.06. The lowest BCUT2D eigenvalue weighted by Crippen LogP contribution is -2.52. The predicted molar refractivity (Wildman–Crippen MR) is 103 cm³/mol. The molecule has 11 heteroatoms. The van der Waals surface area contributed by atoms with Crippen molar-refractivity contribution in [2.24, 2.45) is 0 Å². The van der Waals surface area contributed by atoms with Gasteiger partial charge in [0.1, 0.15) is 6.04 Å². The van der Waals surface area contributed by atoms with Crippen molar-refractivity contribution in [2.45, 2.75) is 43.9 Å². The molecule has 0 aliphatic carbocycles. The normalized spacial score (nSPS) is 26.2. The Kier molecular flexibility index (Phi) is 4.55. The zero-order chi connectivity index (χ0) is 20.7. The van der Waals surface area contributed by atoms with Gasteiger partial charge in [-0.1, -0.05) is 23.4 Å². The first-order chi connectivity index (χ1) is 14.6. The highest BCUT2D eigenvalue weighted by molar-refractivity contribution is 6.05. The number of aromatic nitrogens is 4. The summed E-state index contributed by atoms with van der Waals surface area (Å²) in [5.41, 5.74) is 1.92. The molecule has 5 rings (SSSR count). The first-order valence-electron chi connectivity index (χ1n) is 10.0. The lowest BCUT2D eigenvalue weighted by molar-refractivity contribution is -0.136. The van der Waals surface area contributed by atoms with Gasteiger partial charge in [0.2, 0.25) is 11.8 Å². The standard InChI is InChI=1S/C19H22N8O3/c28-14-5-4-13(16(29)22-14)27-9-12-3-1-2-11(15(12)17(27)30)8-21-19(6-7-20-10-19)18-23-25-26-24-18/h1-3,13,20-21H,4-10H2,(H,22,28,29)(H,23,24,25,26). The lowest BCUT2D eigenvalue weighted by atomic mass is 9.96. The molecule has 0 spiro atoms. The maximum atomic E-state index is 13.2. The Morgan fingerprint density at radius 1 is 1.27 bits per heavy atom. The van der Waals surface area contributed by atoms with Gasteiger partial charge < -0.3 is 10.2 Å². The number of hydrogen-bond donors (Lipinski definition) is 4. The summed E-state index contributed by atoms with van der Waals surface area (Å²) in [6.07, 6.45) is 1.40. The van der Waals surface area contributed by atoms with Crippen molar-refractivity contribution in [3.63, 3.8) is 0 Å². The fourth-order valence-corrected chi connectivity index (χ4v) is 4.58. The summed E-state index contributed by atoms with van der Waals surface area (Å²) in [4.78, 5) is 38.5. The van der Waals surface area contributed by atoms with E-state index in [0.29, 0.717) is 37.4 Å². The van der Waals surface area contributed by atoms with Gasteiger partial charge in [0.15, 0.2) is 5.82 Å². The Balaban J connectivity index is 1.37. The second kappa shape index (κ2) is 7.26. The number of H-pyrrole nitrogens is 1. The van der Waals surface area contributed by atoms with E-state index in [-0.39, 0.29) is 18.2 Å². The van der Waals surface area contributed by atoms with Gasteiger partial charge in [-0.05, 0) is 30.5 Å².